The Kier molecular flexibility index (Phi) is 4.48. The number of aliphatic carboxylic acids is 1. The number of carbonyl (C=O) groups is 2. The highest BCUT2D eigenvalue weighted by Crippen LogP contribution is 2.26. The maximum Gasteiger partial charge on any atom is 0.339 e. The maximum atomic E-state index is 11.2. The number of Topliss-reactive ketones (excluding diaryl/α,β-unsaturated/α-hetero) is 1. The Hall–Kier alpha value is -2.30. The average Bonchev–Trinajstić information content (AvgIpc) is 2.34. The molecule has 0 saturated carbocycles. The number of ether oxygens (including phenoxy) is 2. The molecule has 0 spiro atoms. The van der Waals surface area contributed by atoms with E-state index in [2.05, 4.69) is 0 Å². The third-order valence-corrected chi connectivity index (χ3v) is 2.35. The first-order valence-corrected chi connectivity index (χ1v) is 5.17. The van der Waals surface area contributed by atoms with Gasteiger partial charge in [0.15, 0.2) is 5.78 Å². The Bertz CT molecular complexity index is 486. The van der Waals surface area contributed by atoms with Crippen LogP contribution in [0.4, 0.5) is 0 Å². The highest BCUT2D eigenvalue weighted by Gasteiger charge is 2.14. The van der Waals surface area contributed by atoms with Crippen molar-refractivity contribution in [2.24, 2.45) is 0 Å². The summed E-state index contributed by atoms with van der Waals surface area (Å²) in [5.41, 5.74) is 0.172. The largest absolute Gasteiger partial charge is 0.497 e. The molecule has 18 heavy (non-hydrogen) atoms. The van der Waals surface area contributed by atoms with E-state index in [9.17, 15) is 9.59 Å². The molecule has 0 aromatic heterocycles. The normalized spacial score (nSPS) is 10.9. The fourth-order valence-electron chi connectivity index (χ4n) is 1.42. The number of benzene rings is 1. The second kappa shape index (κ2) is 5.86. The summed E-state index contributed by atoms with van der Waals surface area (Å²) >= 11 is 0. The molecule has 0 fully saturated rings. The Balaban J connectivity index is 3.33. The fraction of sp³-hybridized carbons (Fsp3) is 0.231. The Morgan fingerprint density at radius 1 is 1.22 bits per heavy atom. The van der Waals surface area contributed by atoms with E-state index in [0.29, 0.717) is 17.1 Å². The van der Waals surface area contributed by atoms with Gasteiger partial charge < -0.3 is 14.6 Å². The SMILES string of the molecule is COc1ccc(OC)c(/C=C(/C(C)=O)C(=O)O)c1. The zero-order valence-electron chi connectivity index (χ0n) is 10.4. The van der Waals surface area contributed by atoms with E-state index in [-0.39, 0.29) is 5.57 Å². The van der Waals surface area contributed by atoms with Crippen LogP contribution in [0.2, 0.25) is 0 Å². The monoisotopic (exact) mass is 250 g/mol. The van der Waals surface area contributed by atoms with Crippen molar-refractivity contribution >= 4 is 17.8 Å². The van der Waals surface area contributed by atoms with Gasteiger partial charge in [-0.3, -0.25) is 4.79 Å². The highest BCUT2D eigenvalue weighted by atomic mass is 16.5. The third kappa shape index (κ3) is 3.10. The van der Waals surface area contributed by atoms with Gasteiger partial charge in [-0.2, -0.15) is 0 Å². The zero-order chi connectivity index (χ0) is 13.7. The summed E-state index contributed by atoms with van der Waals surface area (Å²) in [6.07, 6.45) is 1.27. The summed E-state index contributed by atoms with van der Waals surface area (Å²) in [7, 11) is 2.96. The van der Waals surface area contributed by atoms with E-state index in [1.165, 1.54) is 27.2 Å². The van der Waals surface area contributed by atoms with Crippen molar-refractivity contribution in [1.29, 1.82) is 0 Å². The molecular formula is C13H14O5. The van der Waals surface area contributed by atoms with Crippen LogP contribution in [0, 0.1) is 0 Å². The zero-order valence-corrected chi connectivity index (χ0v) is 10.4. The van der Waals surface area contributed by atoms with Crippen molar-refractivity contribution in [3.05, 3.63) is 29.3 Å². The van der Waals surface area contributed by atoms with Gasteiger partial charge in [0.2, 0.25) is 0 Å². The van der Waals surface area contributed by atoms with E-state index >= 15 is 0 Å². The standard InChI is InChI=1S/C13H14O5/c1-8(14)11(13(15)16)7-9-6-10(17-2)4-5-12(9)18-3/h4-7H,1-3H3,(H,15,16)/b11-7-. The minimum Gasteiger partial charge on any atom is -0.497 e. The molecule has 96 valence electrons. The molecule has 0 saturated heterocycles. The van der Waals surface area contributed by atoms with Crippen LogP contribution in [0.5, 0.6) is 11.5 Å². The molecule has 0 bridgehead atoms. The Labute approximate surface area is 105 Å². The van der Waals surface area contributed by atoms with Crippen molar-refractivity contribution < 1.29 is 24.2 Å². The molecule has 5 nitrogen and oxygen atoms in total. The van der Waals surface area contributed by atoms with Crippen molar-refractivity contribution in [1.82, 2.24) is 0 Å². The van der Waals surface area contributed by atoms with Crippen LogP contribution in [0.1, 0.15) is 12.5 Å². The molecule has 0 aliphatic heterocycles. The smallest absolute Gasteiger partial charge is 0.339 e. The van der Waals surface area contributed by atoms with Crippen LogP contribution in [0.15, 0.2) is 23.8 Å². The van der Waals surface area contributed by atoms with Gasteiger partial charge in [0.25, 0.3) is 0 Å². The molecule has 0 radical (unpaired) electrons. The van der Waals surface area contributed by atoms with Gasteiger partial charge in [0, 0.05) is 5.56 Å². The minimum absolute atomic E-state index is 0.304. The van der Waals surface area contributed by atoms with Crippen molar-refractivity contribution in [3.8, 4) is 11.5 Å². The molecule has 5 heteroatoms. The van der Waals surface area contributed by atoms with E-state index in [0.717, 1.165) is 0 Å². The van der Waals surface area contributed by atoms with E-state index in [1.54, 1.807) is 18.2 Å². The lowest BCUT2D eigenvalue weighted by molar-refractivity contribution is -0.134. The molecule has 0 heterocycles. The molecule has 0 aliphatic carbocycles. The van der Waals surface area contributed by atoms with Crippen LogP contribution < -0.4 is 9.47 Å². The summed E-state index contributed by atoms with van der Waals surface area (Å²) in [4.78, 5) is 22.2. The van der Waals surface area contributed by atoms with Crippen LogP contribution in [0.25, 0.3) is 6.08 Å². The first-order chi connectivity index (χ1) is 8.49. The van der Waals surface area contributed by atoms with Gasteiger partial charge >= 0.3 is 5.97 Å². The number of ketones is 1. The van der Waals surface area contributed by atoms with Crippen LogP contribution in [0.3, 0.4) is 0 Å². The molecule has 0 aliphatic rings. The molecular weight excluding hydrogens is 236 g/mol. The lowest BCUT2D eigenvalue weighted by Gasteiger charge is -2.08. The molecule has 1 rings (SSSR count). The Morgan fingerprint density at radius 2 is 1.89 bits per heavy atom. The number of methoxy groups -OCH3 is 2. The fourth-order valence-corrected chi connectivity index (χ4v) is 1.42. The molecule has 1 aromatic carbocycles. The topological polar surface area (TPSA) is 72.8 Å². The summed E-state index contributed by atoms with van der Waals surface area (Å²) in [5, 5.41) is 8.93. The number of rotatable bonds is 5. The lowest BCUT2D eigenvalue weighted by atomic mass is 10.1. The van der Waals surface area contributed by atoms with Crippen LogP contribution in [-0.2, 0) is 9.59 Å². The van der Waals surface area contributed by atoms with Crippen molar-refractivity contribution in [3.63, 3.8) is 0 Å². The van der Waals surface area contributed by atoms with Gasteiger partial charge in [0.05, 0.1) is 14.2 Å². The van der Waals surface area contributed by atoms with E-state index in [4.69, 9.17) is 14.6 Å². The second-order valence-corrected chi connectivity index (χ2v) is 3.53. The van der Waals surface area contributed by atoms with Gasteiger partial charge in [-0.15, -0.1) is 0 Å². The number of carboxylic acids is 1. The van der Waals surface area contributed by atoms with Crippen molar-refractivity contribution in [2.75, 3.05) is 14.2 Å². The van der Waals surface area contributed by atoms with Gasteiger partial charge in [-0.05, 0) is 31.2 Å². The number of hydrogen-bond donors (Lipinski definition) is 1. The summed E-state index contributed by atoms with van der Waals surface area (Å²) in [6.45, 7) is 1.20. The first-order valence-electron chi connectivity index (χ1n) is 5.17. The third-order valence-electron chi connectivity index (χ3n) is 2.35. The van der Waals surface area contributed by atoms with Crippen LogP contribution >= 0.6 is 0 Å². The lowest BCUT2D eigenvalue weighted by Crippen LogP contribution is -2.08. The number of carboxylic acid groups (broad SMARTS) is 1. The second-order valence-electron chi connectivity index (χ2n) is 3.53. The number of hydrogen-bond acceptors (Lipinski definition) is 4. The Morgan fingerprint density at radius 3 is 2.33 bits per heavy atom. The van der Waals surface area contributed by atoms with Gasteiger partial charge in [-0.1, -0.05) is 0 Å². The van der Waals surface area contributed by atoms with E-state index < -0.39 is 11.8 Å². The first kappa shape index (κ1) is 13.8. The molecule has 1 aromatic rings. The van der Waals surface area contributed by atoms with Crippen molar-refractivity contribution in [2.45, 2.75) is 6.92 Å². The molecule has 1 N–H and O–H groups in total. The summed E-state index contributed by atoms with van der Waals surface area (Å²) < 4.78 is 10.1. The summed E-state index contributed by atoms with van der Waals surface area (Å²) in [6, 6.07) is 4.93. The highest BCUT2D eigenvalue weighted by molar-refractivity contribution is 6.19. The molecule has 0 unspecified atom stereocenters. The van der Waals surface area contributed by atoms with Crippen LogP contribution in [-0.4, -0.2) is 31.1 Å². The minimum atomic E-state index is -1.27. The van der Waals surface area contributed by atoms with Gasteiger partial charge in [-0.25, -0.2) is 4.79 Å². The maximum absolute atomic E-state index is 11.2. The molecule has 0 amide bonds. The van der Waals surface area contributed by atoms with E-state index in [1.807, 2.05) is 0 Å². The average molecular weight is 250 g/mol. The molecule has 0 atom stereocenters. The summed E-state index contributed by atoms with van der Waals surface area (Å²) in [5.74, 6) is -0.772. The number of carbonyl (C=O) groups excluding carboxylic acids is 1. The predicted octanol–water partition coefficient (Wildman–Crippen LogP) is 1.76. The quantitative estimate of drug-likeness (QED) is 0.489. The van der Waals surface area contributed by atoms with Gasteiger partial charge in [0.1, 0.15) is 17.1 Å². The predicted molar refractivity (Wildman–Crippen MR) is 65.8 cm³/mol.